The summed E-state index contributed by atoms with van der Waals surface area (Å²) in [7, 11) is -6.25. The van der Waals surface area contributed by atoms with Crippen LogP contribution >= 0.6 is 0 Å². The number of esters is 1. The lowest BCUT2D eigenvalue weighted by molar-refractivity contribution is -0.142. The van der Waals surface area contributed by atoms with E-state index in [2.05, 4.69) is 4.74 Å². The van der Waals surface area contributed by atoms with Gasteiger partial charge in [0.2, 0.25) is 6.17 Å². The quantitative estimate of drug-likeness (QED) is 0.359. The molecule has 6 nitrogen and oxygen atoms in total. The molecule has 11 heteroatoms. The summed E-state index contributed by atoms with van der Waals surface area (Å²) in [5.41, 5.74) is 0.0986. The Morgan fingerprint density at radius 2 is 2.04 bits per heavy atom. The van der Waals surface area contributed by atoms with E-state index >= 15 is 0 Å². The standard InChI is InChI=1S/C12H10F4O6S/c13-8-5-7(1-3-9(8)17)2-4-11(18)22-6-10(14)12(15,16)23(19,20)21/h1-5,10,17H,6H2,(H,19,20,21)/p-1/b4-2+. The molecule has 0 bridgehead atoms. The number of carbonyl (C=O) groups is 1. The monoisotopic (exact) mass is 357 g/mol. The van der Waals surface area contributed by atoms with Gasteiger partial charge in [0.25, 0.3) is 0 Å². The van der Waals surface area contributed by atoms with Gasteiger partial charge in [0.1, 0.15) is 6.61 Å². The average molecular weight is 357 g/mol. The molecular formula is C12H9F4O6S-. The van der Waals surface area contributed by atoms with Crippen LogP contribution in [-0.2, 0) is 19.6 Å². The molecule has 1 rings (SSSR count). The van der Waals surface area contributed by atoms with Gasteiger partial charge in [-0.15, -0.1) is 0 Å². The minimum atomic E-state index is -6.25. The first-order chi connectivity index (χ1) is 10.4. The van der Waals surface area contributed by atoms with Crippen LogP contribution in [0.5, 0.6) is 5.75 Å². The second-order valence-electron chi connectivity index (χ2n) is 4.16. The SMILES string of the molecule is O=C(/C=C/c1ccc(O)c(F)c1)OCC(F)C(F)(F)S(=O)(=O)[O-]. The Bertz CT molecular complexity index is 716. The number of ether oxygens (including phenoxy) is 1. The molecule has 1 aromatic carbocycles. The van der Waals surface area contributed by atoms with Crippen molar-refractivity contribution in [2.75, 3.05) is 6.61 Å². The Labute approximate surface area is 127 Å². The average Bonchev–Trinajstić information content (AvgIpc) is 2.44. The predicted octanol–water partition coefficient (Wildman–Crippen LogP) is 1.56. The van der Waals surface area contributed by atoms with Crippen LogP contribution in [0.25, 0.3) is 6.08 Å². The number of phenolic OH excluding ortho intramolecular Hbond substituents is 1. The van der Waals surface area contributed by atoms with Crippen LogP contribution in [-0.4, -0.2) is 42.1 Å². The van der Waals surface area contributed by atoms with Crippen molar-refractivity contribution in [3.05, 3.63) is 35.7 Å². The normalized spacial score (nSPS) is 14.0. The van der Waals surface area contributed by atoms with Crippen molar-refractivity contribution in [1.29, 1.82) is 0 Å². The third kappa shape index (κ3) is 4.93. The van der Waals surface area contributed by atoms with E-state index in [1.54, 1.807) is 0 Å². The number of hydrogen-bond acceptors (Lipinski definition) is 6. The van der Waals surface area contributed by atoms with Crippen molar-refractivity contribution in [3.63, 3.8) is 0 Å². The lowest BCUT2D eigenvalue weighted by Gasteiger charge is -2.22. The van der Waals surface area contributed by atoms with Crippen molar-refractivity contribution in [1.82, 2.24) is 0 Å². The molecule has 0 saturated carbocycles. The Balaban J connectivity index is 2.64. The summed E-state index contributed by atoms with van der Waals surface area (Å²) < 4.78 is 86.0. The molecule has 1 unspecified atom stereocenters. The predicted molar refractivity (Wildman–Crippen MR) is 67.6 cm³/mol. The smallest absolute Gasteiger partial charge is 0.368 e. The summed E-state index contributed by atoms with van der Waals surface area (Å²) in [6, 6.07) is 3.03. The molecule has 0 saturated heterocycles. The lowest BCUT2D eigenvalue weighted by Crippen LogP contribution is -2.41. The molecule has 128 valence electrons. The van der Waals surface area contributed by atoms with Crippen molar-refractivity contribution >= 4 is 22.2 Å². The molecule has 0 aliphatic rings. The molecule has 0 amide bonds. The molecule has 23 heavy (non-hydrogen) atoms. The Morgan fingerprint density at radius 1 is 1.43 bits per heavy atom. The van der Waals surface area contributed by atoms with Crippen LogP contribution in [0.4, 0.5) is 17.6 Å². The van der Waals surface area contributed by atoms with Gasteiger partial charge >= 0.3 is 11.2 Å². The minimum absolute atomic E-state index is 0.0986. The minimum Gasteiger partial charge on any atom is -0.743 e. The van der Waals surface area contributed by atoms with E-state index in [0.717, 1.165) is 18.2 Å². The maximum absolute atomic E-state index is 13.0. The molecule has 0 aliphatic heterocycles. The van der Waals surface area contributed by atoms with Crippen LogP contribution in [0.15, 0.2) is 24.3 Å². The van der Waals surface area contributed by atoms with Crippen molar-refractivity contribution < 1.29 is 45.2 Å². The molecule has 1 atom stereocenters. The Hall–Kier alpha value is -2.14. The number of hydrogen-bond donors (Lipinski definition) is 1. The van der Waals surface area contributed by atoms with Crippen molar-refractivity contribution in [2.24, 2.45) is 0 Å². The first-order valence-corrected chi connectivity index (χ1v) is 7.16. The van der Waals surface area contributed by atoms with Crippen LogP contribution in [0, 0.1) is 5.82 Å². The second-order valence-corrected chi connectivity index (χ2v) is 5.61. The maximum Gasteiger partial charge on any atom is 0.368 e. The molecule has 1 N–H and O–H groups in total. The zero-order chi connectivity index (χ0) is 17.8. The van der Waals surface area contributed by atoms with E-state index in [9.17, 15) is 35.3 Å². The number of rotatable bonds is 6. The van der Waals surface area contributed by atoms with Gasteiger partial charge in [-0.05, 0) is 23.8 Å². The van der Waals surface area contributed by atoms with Gasteiger partial charge in [0.15, 0.2) is 21.7 Å². The molecule has 0 aliphatic carbocycles. The first-order valence-electron chi connectivity index (χ1n) is 5.76. The highest BCUT2D eigenvalue weighted by Crippen LogP contribution is 2.27. The van der Waals surface area contributed by atoms with E-state index in [-0.39, 0.29) is 5.56 Å². The highest BCUT2D eigenvalue weighted by atomic mass is 32.2. The molecule has 0 heterocycles. The largest absolute Gasteiger partial charge is 0.743 e. The fourth-order valence-electron chi connectivity index (χ4n) is 1.25. The number of phenols is 1. The topological polar surface area (TPSA) is 104 Å². The van der Waals surface area contributed by atoms with Gasteiger partial charge in [0.05, 0.1) is 0 Å². The van der Waals surface area contributed by atoms with E-state index in [4.69, 9.17) is 5.11 Å². The molecule has 0 spiro atoms. The number of benzene rings is 1. The Morgan fingerprint density at radius 3 is 2.57 bits per heavy atom. The van der Waals surface area contributed by atoms with Gasteiger partial charge in [-0.3, -0.25) is 0 Å². The van der Waals surface area contributed by atoms with E-state index in [1.807, 2.05) is 0 Å². The Kier molecular flexibility index (Phi) is 5.72. The molecule has 0 fully saturated rings. The number of alkyl halides is 3. The van der Waals surface area contributed by atoms with Crippen molar-refractivity contribution in [3.8, 4) is 5.75 Å². The van der Waals surface area contributed by atoms with Crippen LogP contribution in [0.3, 0.4) is 0 Å². The van der Waals surface area contributed by atoms with Crippen LogP contribution < -0.4 is 0 Å². The maximum atomic E-state index is 13.0. The van der Waals surface area contributed by atoms with Crippen LogP contribution in [0.2, 0.25) is 0 Å². The highest BCUT2D eigenvalue weighted by molar-refractivity contribution is 7.86. The fraction of sp³-hybridized carbons (Fsp3) is 0.250. The van der Waals surface area contributed by atoms with E-state index < -0.39 is 45.7 Å². The molecular weight excluding hydrogens is 348 g/mol. The fourth-order valence-corrected chi connectivity index (χ4v) is 1.63. The lowest BCUT2D eigenvalue weighted by atomic mass is 10.2. The second kappa shape index (κ2) is 6.96. The summed E-state index contributed by atoms with van der Waals surface area (Å²) in [6.45, 7) is -1.67. The van der Waals surface area contributed by atoms with Crippen molar-refractivity contribution in [2.45, 2.75) is 11.4 Å². The summed E-state index contributed by atoms with van der Waals surface area (Å²) in [6.07, 6.45) is -1.93. The third-order valence-electron chi connectivity index (χ3n) is 2.45. The summed E-state index contributed by atoms with van der Waals surface area (Å²) in [5, 5.41) is 3.69. The first kappa shape index (κ1) is 18.9. The molecule has 1 aromatic rings. The summed E-state index contributed by atoms with van der Waals surface area (Å²) >= 11 is 0. The highest BCUT2D eigenvalue weighted by Gasteiger charge is 2.48. The van der Waals surface area contributed by atoms with Crippen LogP contribution in [0.1, 0.15) is 5.56 Å². The number of aromatic hydroxyl groups is 1. The van der Waals surface area contributed by atoms with Gasteiger partial charge < -0.3 is 14.4 Å². The summed E-state index contributed by atoms with van der Waals surface area (Å²) in [4.78, 5) is 11.2. The van der Waals surface area contributed by atoms with E-state index in [0.29, 0.717) is 6.08 Å². The van der Waals surface area contributed by atoms with Gasteiger partial charge in [-0.2, -0.15) is 8.78 Å². The molecule has 0 aromatic heterocycles. The van der Waals surface area contributed by atoms with Gasteiger partial charge in [-0.25, -0.2) is 22.0 Å². The zero-order valence-electron chi connectivity index (χ0n) is 11.1. The number of halogens is 4. The third-order valence-corrected chi connectivity index (χ3v) is 3.38. The summed E-state index contributed by atoms with van der Waals surface area (Å²) in [5.74, 6) is -2.95. The van der Waals surface area contributed by atoms with Gasteiger partial charge in [-0.1, -0.05) is 6.07 Å². The number of carbonyl (C=O) groups excluding carboxylic acids is 1. The molecule has 0 radical (unpaired) electrons. The zero-order valence-corrected chi connectivity index (χ0v) is 11.9. The van der Waals surface area contributed by atoms with E-state index in [1.165, 1.54) is 6.07 Å². The van der Waals surface area contributed by atoms with Gasteiger partial charge in [0, 0.05) is 6.08 Å².